The molecule has 24 heavy (non-hydrogen) atoms. The summed E-state index contributed by atoms with van der Waals surface area (Å²) in [6.45, 7) is 2.77. The zero-order valence-electron chi connectivity index (χ0n) is 13.3. The second-order valence-corrected chi connectivity index (χ2v) is 6.31. The summed E-state index contributed by atoms with van der Waals surface area (Å²) in [6.07, 6.45) is 1.58. The Kier molecular flexibility index (Phi) is 6.13. The van der Waals surface area contributed by atoms with Gasteiger partial charge in [0.15, 0.2) is 5.16 Å². The third-order valence-electron chi connectivity index (χ3n) is 3.15. The molecule has 0 spiro atoms. The van der Waals surface area contributed by atoms with E-state index in [1.54, 1.807) is 30.0 Å². The van der Waals surface area contributed by atoms with Crippen LogP contribution in [0.1, 0.15) is 6.92 Å². The number of amides is 1. The number of hydrogen-bond acceptors (Lipinski definition) is 7. The summed E-state index contributed by atoms with van der Waals surface area (Å²) in [5, 5.41) is 24.6. The highest BCUT2D eigenvalue weighted by atomic mass is 32.2. The highest BCUT2D eigenvalue weighted by Gasteiger charge is 2.16. The van der Waals surface area contributed by atoms with Crippen LogP contribution < -0.4 is 10.6 Å². The monoisotopic (exact) mass is 350 g/mol. The molecule has 1 unspecified atom stereocenters. The van der Waals surface area contributed by atoms with Crippen LogP contribution >= 0.6 is 11.8 Å². The highest BCUT2D eigenvalue weighted by molar-refractivity contribution is 8.00. The Morgan fingerprint density at radius 3 is 2.67 bits per heavy atom. The molecular weight excluding hydrogens is 332 g/mol. The van der Waals surface area contributed by atoms with Gasteiger partial charge in [0.2, 0.25) is 5.91 Å². The van der Waals surface area contributed by atoms with E-state index in [1.165, 1.54) is 23.9 Å². The maximum absolute atomic E-state index is 12.0. The van der Waals surface area contributed by atoms with E-state index < -0.39 is 4.92 Å². The Hall–Kier alpha value is -2.62. The van der Waals surface area contributed by atoms with Gasteiger partial charge in [-0.05, 0) is 19.1 Å². The fourth-order valence-electron chi connectivity index (χ4n) is 1.83. The first-order valence-corrected chi connectivity index (χ1v) is 8.12. The van der Waals surface area contributed by atoms with Crippen molar-refractivity contribution >= 4 is 29.0 Å². The lowest BCUT2D eigenvalue weighted by Crippen LogP contribution is -2.34. The lowest BCUT2D eigenvalue weighted by Gasteiger charge is -2.12. The molecule has 2 N–H and O–H groups in total. The Balaban J connectivity index is 1.70. The Morgan fingerprint density at radius 2 is 2.08 bits per heavy atom. The first kappa shape index (κ1) is 17.7. The van der Waals surface area contributed by atoms with Crippen LogP contribution in [0.15, 0.2) is 35.7 Å². The van der Waals surface area contributed by atoms with Crippen molar-refractivity contribution in [2.24, 2.45) is 7.05 Å². The number of aryl methyl sites for hydroxylation is 1. The number of non-ortho nitro benzene ring substituents is 1. The minimum atomic E-state index is -0.444. The molecule has 0 aliphatic heterocycles. The van der Waals surface area contributed by atoms with Crippen molar-refractivity contribution in [2.75, 3.05) is 18.4 Å². The summed E-state index contributed by atoms with van der Waals surface area (Å²) in [7, 11) is 1.82. The minimum absolute atomic E-state index is 0.0449. The molecular formula is C14H18N6O3S. The highest BCUT2D eigenvalue weighted by Crippen LogP contribution is 2.19. The van der Waals surface area contributed by atoms with E-state index in [4.69, 9.17) is 0 Å². The van der Waals surface area contributed by atoms with Gasteiger partial charge in [-0.25, -0.2) is 0 Å². The molecule has 0 aliphatic carbocycles. The Bertz CT molecular complexity index is 703. The molecule has 2 rings (SSSR count). The second-order valence-electron chi connectivity index (χ2n) is 5.01. The topological polar surface area (TPSA) is 115 Å². The van der Waals surface area contributed by atoms with Crippen molar-refractivity contribution in [1.82, 2.24) is 20.1 Å². The predicted octanol–water partition coefficient (Wildman–Crippen LogP) is 1.43. The summed E-state index contributed by atoms with van der Waals surface area (Å²) in [5.41, 5.74) is 0.805. The predicted molar refractivity (Wildman–Crippen MR) is 90.9 cm³/mol. The summed E-state index contributed by atoms with van der Waals surface area (Å²) in [5.74, 6) is -0.0894. The third-order valence-corrected chi connectivity index (χ3v) is 4.30. The first-order valence-electron chi connectivity index (χ1n) is 7.24. The average Bonchev–Trinajstić information content (AvgIpc) is 2.96. The van der Waals surface area contributed by atoms with Gasteiger partial charge in [-0.3, -0.25) is 14.9 Å². The van der Waals surface area contributed by atoms with E-state index in [1.807, 2.05) is 7.05 Å². The number of nitro benzene ring substituents is 1. The molecule has 1 atom stereocenters. The molecule has 0 fully saturated rings. The SMILES string of the molecule is CC(Sc1nncn1C)C(=O)NCCNc1ccc([N+](=O)[O-])cc1. The summed E-state index contributed by atoms with van der Waals surface area (Å²) in [6, 6.07) is 6.13. The van der Waals surface area contributed by atoms with Crippen molar-refractivity contribution < 1.29 is 9.72 Å². The van der Waals surface area contributed by atoms with Crippen molar-refractivity contribution in [3.8, 4) is 0 Å². The Morgan fingerprint density at radius 1 is 1.38 bits per heavy atom. The van der Waals surface area contributed by atoms with Gasteiger partial charge in [-0.15, -0.1) is 10.2 Å². The van der Waals surface area contributed by atoms with E-state index in [-0.39, 0.29) is 16.8 Å². The van der Waals surface area contributed by atoms with Crippen molar-refractivity contribution in [1.29, 1.82) is 0 Å². The molecule has 0 saturated heterocycles. The van der Waals surface area contributed by atoms with Crippen LogP contribution in [0.2, 0.25) is 0 Å². The molecule has 1 aromatic heterocycles. The van der Waals surface area contributed by atoms with Crippen molar-refractivity contribution in [3.05, 3.63) is 40.7 Å². The van der Waals surface area contributed by atoms with E-state index in [9.17, 15) is 14.9 Å². The average molecular weight is 350 g/mol. The summed E-state index contributed by atoms with van der Waals surface area (Å²) >= 11 is 1.34. The van der Waals surface area contributed by atoms with Crippen LogP contribution in [-0.2, 0) is 11.8 Å². The van der Waals surface area contributed by atoms with Crippen molar-refractivity contribution in [2.45, 2.75) is 17.3 Å². The smallest absolute Gasteiger partial charge is 0.269 e. The fourth-order valence-corrected chi connectivity index (χ4v) is 2.64. The number of carbonyl (C=O) groups excluding carboxylic acids is 1. The van der Waals surface area contributed by atoms with Gasteiger partial charge < -0.3 is 15.2 Å². The van der Waals surface area contributed by atoms with E-state index in [2.05, 4.69) is 20.8 Å². The molecule has 9 nitrogen and oxygen atoms in total. The van der Waals surface area contributed by atoms with E-state index in [0.717, 1.165) is 5.69 Å². The van der Waals surface area contributed by atoms with Gasteiger partial charge in [0, 0.05) is 38.0 Å². The molecule has 0 bridgehead atoms. The molecule has 1 amide bonds. The van der Waals surface area contributed by atoms with E-state index >= 15 is 0 Å². The largest absolute Gasteiger partial charge is 0.383 e. The fraction of sp³-hybridized carbons (Fsp3) is 0.357. The van der Waals surface area contributed by atoms with Crippen LogP contribution in [0.3, 0.4) is 0 Å². The summed E-state index contributed by atoms with van der Waals surface area (Å²) < 4.78 is 1.75. The minimum Gasteiger partial charge on any atom is -0.383 e. The zero-order valence-corrected chi connectivity index (χ0v) is 14.1. The number of hydrogen-bond donors (Lipinski definition) is 2. The molecule has 0 saturated carbocycles. The van der Waals surface area contributed by atoms with Gasteiger partial charge in [-0.1, -0.05) is 11.8 Å². The van der Waals surface area contributed by atoms with Crippen LogP contribution in [0, 0.1) is 10.1 Å². The quantitative estimate of drug-likeness (QED) is 0.320. The van der Waals surface area contributed by atoms with Crippen molar-refractivity contribution in [3.63, 3.8) is 0 Å². The number of benzene rings is 1. The zero-order chi connectivity index (χ0) is 17.5. The Labute approximate surface area is 143 Å². The molecule has 128 valence electrons. The number of anilines is 1. The van der Waals surface area contributed by atoms with Gasteiger partial charge in [0.1, 0.15) is 6.33 Å². The first-order chi connectivity index (χ1) is 11.5. The maximum Gasteiger partial charge on any atom is 0.269 e. The summed E-state index contributed by atoms with van der Waals surface area (Å²) in [4.78, 5) is 22.1. The van der Waals surface area contributed by atoms with Gasteiger partial charge in [0.05, 0.1) is 10.2 Å². The number of rotatable bonds is 8. The number of nitrogens with zero attached hydrogens (tertiary/aromatic N) is 4. The number of thioether (sulfide) groups is 1. The standard InChI is InChI=1S/C14H18N6O3S/c1-10(24-14-18-17-9-19(14)2)13(21)16-8-7-15-11-3-5-12(6-4-11)20(22)23/h3-6,9-10,15H,7-8H2,1-2H3,(H,16,21). The molecule has 2 aromatic rings. The second kappa shape index (κ2) is 8.29. The number of nitro groups is 1. The van der Waals surface area contributed by atoms with Gasteiger partial charge in [0.25, 0.3) is 5.69 Å². The number of aromatic nitrogens is 3. The molecule has 1 aromatic carbocycles. The molecule has 0 aliphatic rings. The molecule has 10 heteroatoms. The normalized spacial score (nSPS) is 11.8. The lowest BCUT2D eigenvalue weighted by molar-refractivity contribution is -0.384. The van der Waals surface area contributed by atoms with Crippen LogP contribution in [0.5, 0.6) is 0 Å². The molecule has 1 heterocycles. The lowest BCUT2D eigenvalue weighted by atomic mass is 10.3. The van der Waals surface area contributed by atoms with Crippen LogP contribution in [-0.4, -0.2) is 43.9 Å². The molecule has 0 radical (unpaired) electrons. The van der Waals surface area contributed by atoms with Crippen LogP contribution in [0.25, 0.3) is 0 Å². The third kappa shape index (κ3) is 4.95. The van der Waals surface area contributed by atoms with Gasteiger partial charge in [-0.2, -0.15) is 0 Å². The maximum atomic E-state index is 12.0. The number of nitrogens with one attached hydrogen (secondary N) is 2. The number of carbonyl (C=O) groups is 1. The van der Waals surface area contributed by atoms with Crippen LogP contribution in [0.4, 0.5) is 11.4 Å². The van der Waals surface area contributed by atoms with Gasteiger partial charge >= 0.3 is 0 Å². The van der Waals surface area contributed by atoms with E-state index in [0.29, 0.717) is 18.2 Å².